The third kappa shape index (κ3) is 4.49. The summed E-state index contributed by atoms with van der Waals surface area (Å²) in [5.41, 5.74) is 10.7. The first-order valence-electron chi connectivity index (χ1n) is 7.98. The Hall–Kier alpha value is -2.49. The first-order chi connectivity index (χ1) is 11.2. The number of nitrogens with zero attached hydrogens (tertiary/aromatic N) is 1. The summed E-state index contributed by atoms with van der Waals surface area (Å²) in [6.07, 6.45) is 1.92. The van der Waals surface area contributed by atoms with E-state index >= 15 is 0 Å². The number of rotatable bonds is 6. The fourth-order valence-corrected chi connectivity index (χ4v) is 2.52. The Morgan fingerprint density at radius 1 is 1.09 bits per heavy atom. The zero-order chi connectivity index (χ0) is 16.7. The van der Waals surface area contributed by atoms with Crippen LogP contribution in [0.5, 0.6) is 5.75 Å². The number of methoxy groups -OCH3 is 1. The maximum atomic E-state index is 6.08. The maximum absolute atomic E-state index is 6.08. The highest BCUT2D eigenvalue weighted by Crippen LogP contribution is 2.22. The lowest BCUT2D eigenvalue weighted by atomic mass is 10.0. The molecular weight excluding hydrogens is 286 g/mol. The highest BCUT2D eigenvalue weighted by molar-refractivity contribution is 5.93. The van der Waals surface area contributed by atoms with Crippen LogP contribution in [-0.4, -0.2) is 13.1 Å². The molecule has 0 aliphatic rings. The van der Waals surface area contributed by atoms with Gasteiger partial charge in [0.05, 0.1) is 13.7 Å². The Labute approximate surface area is 138 Å². The number of aliphatic imine (C=N–C) groups is 1. The van der Waals surface area contributed by atoms with Crippen LogP contribution in [0.25, 0.3) is 0 Å². The molecule has 3 N–H and O–H groups in total. The van der Waals surface area contributed by atoms with Gasteiger partial charge in [-0.2, -0.15) is 0 Å². The monoisotopic (exact) mass is 311 g/mol. The van der Waals surface area contributed by atoms with Gasteiger partial charge in [0.25, 0.3) is 0 Å². The van der Waals surface area contributed by atoms with Gasteiger partial charge in [0.1, 0.15) is 5.75 Å². The molecule has 2 aromatic carbocycles. The molecule has 4 heteroatoms. The van der Waals surface area contributed by atoms with Crippen LogP contribution in [0, 0.1) is 0 Å². The van der Waals surface area contributed by atoms with Gasteiger partial charge >= 0.3 is 0 Å². The van der Waals surface area contributed by atoms with Crippen LogP contribution in [0.2, 0.25) is 0 Å². The smallest absolute Gasteiger partial charge is 0.193 e. The van der Waals surface area contributed by atoms with E-state index in [0.717, 1.165) is 29.8 Å². The molecule has 0 amide bonds. The number of anilines is 1. The van der Waals surface area contributed by atoms with Crippen LogP contribution in [-0.2, 0) is 19.4 Å². The SMILES string of the molecule is CCc1cccc(CC)c1NC(N)=NCc1cccc(OC)c1. The second-order valence-electron chi connectivity index (χ2n) is 5.34. The van der Waals surface area contributed by atoms with E-state index in [1.807, 2.05) is 24.3 Å². The Morgan fingerprint density at radius 2 is 1.74 bits per heavy atom. The highest BCUT2D eigenvalue weighted by Gasteiger charge is 2.07. The van der Waals surface area contributed by atoms with Crippen LogP contribution in [0.4, 0.5) is 5.69 Å². The van der Waals surface area contributed by atoms with Crippen LogP contribution >= 0.6 is 0 Å². The molecule has 0 aliphatic heterocycles. The first kappa shape index (κ1) is 16.9. The predicted octanol–water partition coefficient (Wildman–Crippen LogP) is 3.75. The van der Waals surface area contributed by atoms with Crippen LogP contribution in [0.3, 0.4) is 0 Å². The summed E-state index contributed by atoms with van der Waals surface area (Å²) in [7, 11) is 1.66. The van der Waals surface area contributed by atoms with Crippen molar-refractivity contribution in [3.05, 3.63) is 59.2 Å². The van der Waals surface area contributed by atoms with Gasteiger partial charge in [-0.25, -0.2) is 4.99 Å². The van der Waals surface area contributed by atoms with Crippen molar-refractivity contribution >= 4 is 11.6 Å². The van der Waals surface area contributed by atoms with Crippen molar-refractivity contribution in [2.24, 2.45) is 10.7 Å². The number of para-hydroxylation sites is 1. The number of nitrogens with two attached hydrogens (primary N) is 1. The number of hydrogen-bond acceptors (Lipinski definition) is 2. The summed E-state index contributed by atoms with van der Waals surface area (Å²) in [6.45, 7) is 4.80. The molecule has 0 saturated carbocycles. The molecule has 122 valence electrons. The van der Waals surface area contributed by atoms with Crippen molar-refractivity contribution in [1.29, 1.82) is 0 Å². The van der Waals surface area contributed by atoms with Crippen molar-refractivity contribution in [2.45, 2.75) is 33.2 Å². The highest BCUT2D eigenvalue weighted by atomic mass is 16.5. The zero-order valence-corrected chi connectivity index (χ0v) is 14.1. The van der Waals surface area contributed by atoms with Crippen LogP contribution in [0.1, 0.15) is 30.5 Å². The Morgan fingerprint density at radius 3 is 2.35 bits per heavy atom. The minimum atomic E-state index is 0.434. The summed E-state index contributed by atoms with van der Waals surface area (Å²) in [4.78, 5) is 4.44. The molecule has 0 saturated heterocycles. The number of aryl methyl sites for hydroxylation is 2. The molecule has 2 aromatic rings. The second kappa shape index (κ2) is 8.22. The molecule has 23 heavy (non-hydrogen) atoms. The molecule has 2 rings (SSSR count). The van der Waals surface area contributed by atoms with Gasteiger partial charge in [-0.05, 0) is 41.7 Å². The first-order valence-corrected chi connectivity index (χ1v) is 7.98. The van der Waals surface area contributed by atoms with Gasteiger partial charge in [-0.15, -0.1) is 0 Å². The van der Waals surface area contributed by atoms with E-state index in [2.05, 4.69) is 42.4 Å². The third-order valence-corrected chi connectivity index (χ3v) is 3.82. The number of ether oxygens (including phenoxy) is 1. The molecule has 0 radical (unpaired) electrons. The average molecular weight is 311 g/mol. The number of guanidine groups is 1. The van der Waals surface area contributed by atoms with Gasteiger partial charge in [-0.3, -0.25) is 0 Å². The summed E-state index contributed by atoms with van der Waals surface area (Å²) < 4.78 is 5.22. The van der Waals surface area contributed by atoms with Crippen molar-refractivity contribution in [2.75, 3.05) is 12.4 Å². The maximum Gasteiger partial charge on any atom is 0.193 e. The van der Waals surface area contributed by atoms with Crippen molar-refractivity contribution < 1.29 is 4.74 Å². The number of hydrogen-bond donors (Lipinski definition) is 2. The average Bonchev–Trinajstić information content (AvgIpc) is 2.60. The normalized spacial score (nSPS) is 11.3. The fraction of sp³-hybridized carbons (Fsp3) is 0.316. The van der Waals surface area contributed by atoms with E-state index < -0.39 is 0 Å². The van der Waals surface area contributed by atoms with Gasteiger partial charge in [0.15, 0.2) is 5.96 Å². The van der Waals surface area contributed by atoms with Crippen molar-refractivity contribution in [1.82, 2.24) is 0 Å². The molecule has 0 heterocycles. The fourth-order valence-electron chi connectivity index (χ4n) is 2.52. The molecule has 0 aromatic heterocycles. The Balaban J connectivity index is 2.13. The van der Waals surface area contributed by atoms with E-state index in [4.69, 9.17) is 10.5 Å². The minimum absolute atomic E-state index is 0.434. The lowest BCUT2D eigenvalue weighted by Gasteiger charge is -2.14. The lowest BCUT2D eigenvalue weighted by Crippen LogP contribution is -2.24. The zero-order valence-electron chi connectivity index (χ0n) is 14.1. The standard InChI is InChI=1S/C19H25N3O/c1-4-15-9-7-10-16(5-2)18(15)22-19(20)21-13-14-8-6-11-17(12-14)23-3/h6-12H,4-5,13H2,1-3H3,(H3,20,21,22). The Kier molecular flexibility index (Phi) is 6.03. The van der Waals surface area contributed by atoms with Gasteiger partial charge in [0.2, 0.25) is 0 Å². The quantitative estimate of drug-likeness (QED) is 0.631. The molecule has 0 aliphatic carbocycles. The van der Waals surface area contributed by atoms with Gasteiger partial charge < -0.3 is 15.8 Å². The van der Waals surface area contributed by atoms with Crippen molar-refractivity contribution in [3.8, 4) is 5.75 Å². The predicted molar refractivity (Wildman–Crippen MR) is 97.1 cm³/mol. The molecule has 0 atom stereocenters. The van der Waals surface area contributed by atoms with E-state index in [-0.39, 0.29) is 0 Å². The van der Waals surface area contributed by atoms with E-state index in [1.54, 1.807) is 7.11 Å². The molecule has 0 unspecified atom stereocenters. The molecule has 0 fully saturated rings. The summed E-state index contributed by atoms with van der Waals surface area (Å²) in [6, 6.07) is 14.2. The minimum Gasteiger partial charge on any atom is -0.497 e. The third-order valence-electron chi connectivity index (χ3n) is 3.82. The van der Waals surface area contributed by atoms with E-state index in [1.165, 1.54) is 11.1 Å². The number of benzene rings is 2. The molecular formula is C19H25N3O. The lowest BCUT2D eigenvalue weighted by molar-refractivity contribution is 0.414. The topological polar surface area (TPSA) is 59.6 Å². The van der Waals surface area contributed by atoms with Crippen molar-refractivity contribution in [3.63, 3.8) is 0 Å². The van der Waals surface area contributed by atoms with Crippen LogP contribution in [0.15, 0.2) is 47.5 Å². The van der Waals surface area contributed by atoms with E-state index in [0.29, 0.717) is 12.5 Å². The summed E-state index contributed by atoms with van der Waals surface area (Å²) in [5, 5.41) is 3.28. The summed E-state index contributed by atoms with van der Waals surface area (Å²) in [5.74, 6) is 1.26. The number of nitrogens with one attached hydrogen (secondary N) is 1. The molecule has 0 spiro atoms. The summed E-state index contributed by atoms with van der Waals surface area (Å²) >= 11 is 0. The van der Waals surface area contributed by atoms with E-state index in [9.17, 15) is 0 Å². The molecule has 4 nitrogen and oxygen atoms in total. The second-order valence-corrected chi connectivity index (χ2v) is 5.34. The Bertz CT molecular complexity index is 658. The molecule has 0 bridgehead atoms. The van der Waals surface area contributed by atoms with Gasteiger partial charge in [-0.1, -0.05) is 44.2 Å². The largest absolute Gasteiger partial charge is 0.497 e. The van der Waals surface area contributed by atoms with Crippen LogP contribution < -0.4 is 15.8 Å². The van der Waals surface area contributed by atoms with Gasteiger partial charge in [0, 0.05) is 5.69 Å².